The summed E-state index contributed by atoms with van der Waals surface area (Å²) in [7, 11) is 0. The van der Waals surface area contributed by atoms with Crippen molar-refractivity contribution in [3.8, 4) is 123 Å². The van der Waals surface area contributed by atoms with Gasteiger partial charge in [0.25, 0.3) is 0 Å². The first-order valence-corrected chi connectivity index (χ1v) is 37.7. The maximum absolute atomic E-state index is 13.0. The fourth-order valence-corrected chi connectivity index (χ4v) is 12.1. The summed E-state index contributed by atoms with van der Waals surface area (Å²) in [5, 5.41) is 0. The van der Waals surface area contributed by atoms with Crippen molar-refractivity contribution < 1.29 is 107 Å². The normalized spacial score (nSPS) is 11.4. The Morgan fingerprint density at radius 2 is 0.713 bits per heavy atom. The van der Waals surface area contributed by atoms with E-state index in [1.54, 1.807) is 67.4 Å². The second-order valence-corrected chi connectivity index (χ2v) is 26.8. The fourth-order valence-electron chi connectivity index (χ4n) is 12.1. The first-order valence-electron chi connectivity index (χ1n) is 44.2. The second kappa shape index (κ2) is 49.6. The summed E-state index contributed by atoms with van der Waals surface area (Å²) in [4.78, 5) is 30.4. The van der Waals surface area contributed by atoms with E-state index in [1.165, 1.54) is 57.6 Å². The topological polar surface area (TPSA) is 90.2 Å². The summed E-state index contributed by atoms with van der Waals surface area (Å²) in [5.74, 6) is -0.619. The number of hydrogen-bond donors (Lipinski definition) is 0. The molecule has 7 aromatic heterocycles. The van der Waals surface area contributed by atoms with Crippen LogP contribution in [0.15, 0.2) is 377 Å². The predicted octanol–water partition coefficient (Wildman–Crippen LogP) is 27.2. The van der Waals surface area contributed by atoms with E-state index in [2.05, 4.69) is 141 Å². The second-order valence-electron chi connectivity index (χ2n) is 26.8. The molecule has 0 aliphatic rings. The number of rotatable bonds is 11. The fraction of sp³-hybridized carbons (Fsp3) is 0.0734. The number of nitrogens with zero attached hydrogens (tertiary/aromatic N) is 7. The molecule has 0 aliphatic heterocycles. The van der Waals surface area contributed by atoms with Crippen LogP contribution >= 0.6 is 0 Å². The van der Waals surface area contributed by atoms with E-state index in [9.17, 15) is 8.78 Å². The van der Waals surface area contributed by atoms with Gasteiger partial charge < -0.3 is 34.9 Å². The predicted molar refractivity (Wildman–Crippen MR) is 479 cm³/mol. The molecule has 0 unspecified atom stereocenters. The third kappa shape index (κ3) is 28.0. The van der Waals surface area contributed by atoms with Gasteiger partial charge in [-0.05, 0) is 167 Å². The first kappa shape index (κ1) is 77.3. The molecule has 0 spiro atoms. The molecule has 0 saturated heterocycles. The van der Waals surface area contributed by atoms with Crippen LogP contribution in [-0.4, -0.2) is 34.9 Å². The number of hydrogen-bond acceptors (Lipinski definition) is 7. The van der Waals surface area contributed by atoms with Gasteiger partial charge in [-0.15, -0.1) is 250 Å². The SMILES string of the molecule is Cc1c[c-]c(-c2ccccn2)cc1.Cc1cc(-c2[c-]cccc2)ncc1-c1ccccc1.Cc1ccc[c-]c1-c1ccccn1.Cc1cccnc1-c1[c-]cccc1.[2H]c1[c-]c(-c2cc(C)c(-c3ccc(F)cc3)cn2)c([2H])c([2H])c1[2H].[2H]c1[c-]c(-c2cc(C)c(-c3ccc(F)cc3)cn2)c([2H])c([2H])c1[2H].[2H]c1c([2H])c([2H])c(-c2cnc(-c3[c-]c(C)ccc3)cc2C)c([2H])c1[2H].[Ir].[Ir].[Ir].[Ir]. The van der Waals surface area contributed by atoms with Crippen molar-refractivity contribution in [3.63, 3.8) is 0 Å². The molecule has 7 nitrogen and oxygen atoms in total. The maximum atomic E-state index is 13.0. The molecule has 122 heavy (non-hydrogen) atoms. The van der Waals surface area contributed by atoms with Crippen LogP contribution in [0.3, 0.4) is 0 Å². The van der Waals surface area contributed by atoms with Gasteiger partial charge in [-0.3, -0.25) is 0 Å². The molecule has 0 saturated carbocycles. The zero-order valence-electron chi connectivity index (χ0n) is 80.5. The number of aryl methyl sites for hydroxylation is 8. The van der Waals surface area contributed by atoms with Crippen molar-refractivity contribution in [2.75, 3.05) is 0 Å². The van der Waals surface area contributed by atoms with Gasteiger partial charge in [-0.2, -0.15) is 0 Å². The molecule has 18 aromatic rings. The van der Waals surface area contributed by atoms with E-state index < -0.39 is 6.04 Å². The van der Waals surface area contributed by atoms with Crippen LogP contribution in [0.2, 0.25) is 0 Å². The zero-order chi connectivity index (χ0) is 93.5. The third-order valence-corrected chi connectivity index (χ3v) is 18.2. The molecule has 0 N–H and O–H groups in total. The molecule has 11 aromatic carbocycles. The number of pyridine rings is 7. The summed E-state index contributed by atoms with van der Waals surface area (Å²) < 4.78 is 128. The molecule has 0 atom stereocenters. The van der Waals surface area contributed by atoms with Crippen LogP contribution in [0.1, 0.15) is 62.3 Å². The minimum Gasteiger partial charge on any atom is -0.305 e. The molecule has 18 rings (SSSR count). The van der Waals surface area contributed by atoms with Crippen molar-refractivity contribution in [2.45, 2.75) is 55.4 Å². The van der Waals surface area contributed by atoms with Gasteiger partial charge in [0.2, 0.25) is 0 Å². The van der Waals surface area contributed by atoms with Gasteiger partial charge >= 0.3 is 0 Å². The molecule has 614 valence electrons. The van der Waals surface area contributed by atoms with Crippen LogP contribution in [-0.2, 0) is 80.4 Å². The Kier molecular flexibility index (Phi) is 31.4. The van der Waals surface area contributed by atoms with Gasteiger partial charge in [0.1, 0.15) is 11.6 Å². The Hall–Kier alpha value is -12.1. The van der Waals surface area contributed by atoms with Gasteiger partial charge in [0.15, 0.2) is 0 Å². The Balaban J connectivity index is 0.000000196. The minimum atomic E-state index is -0.393. The number of aromatic nitrogens is 7. The van der Waals surface area contributed by atoms with E-state index in [-0.39, 0.29) is 181 Å². The van der Waals surface area contributed by atoms with Crippen molar-refractivity contribution in [3.05, 3.63) is 475 Å². The van der Waals surface area contributed by atoms with Crippen molar-refractivity contribution in [1.82, 2.24) is 34.9 Å². The van der Waals surface area contributed by atoms with Crippen molar-refractivity contribution >= 4 is 0 Å². The molecule has 0 aliphatic carbocycles. The van der Waals surface area contributed by atoms with E-state index in [0.29, 0.717) is 17.0 Å². The zero-order valence-corrected chi connectivity index (χ0v) is 77.1. The quantitative estimate of drug-likeness (QED) is 0.119. The molecular formula is C109H86F2Ir4N7-7. The summed E-state index contributed by atoms with van der Waals surface area (Å²) in [6, 6.07) is 97.2. The van der Waals surface area contributed by atoms with E-state index in [1.807, 2.05) is 198 Å². The van der Waals surface area contributed by atoms with Crippen LogP contribution in [0.4, 0.5) is 8.78 Å². The van der Waals surface area contributed by atoms with Crippen LogP contribution in [0.5, 0.6) is 0 Å². The average Bonchev–Trinajstić information content (AvgIpc) is 0.850. The maximum Gasteiger partial charge on any atom is 0.123 e. The summed E-state index contributed by atoms with van der Waals surface area (Å²) in [5.41, 5.74) is 25.9. The standard InChI is InChI=1S/C19H16N.2C18H13FN.C18H14N.3C12H10N.4Ir/c1-14-7-6-10-17(11-14)19-12-15(2)18(13-20-19)16-8-4-3-5-9-16;2*1-13-11-18(15-5-3-2-4-6-15)20-12-17(13)14-7-9-16(19)10-8-14;1-14-12-18(16-10-6-3-7-11-16)19-13-17(14)15-8-4-2-5-9-15;1-10-6-2-3-7-11(10)12-8-4-5-9-13-12;1-10-5-7-11(8-6-10)12-4-2-3-9-13-12;1-10-6-5-9-13-12(10)11-7-3-2-4-8-11;;;;/h3-10,12-13H,1-2H3;2*2-5,7-12H,1H3;2-10,12-13H,1H3;2-6,8-9H,1H3;2*2-7,9H,1H3;;;;/q7*-1;;;;/i3D,4D,5D,8D,9D;2*2D,3D,4D,5D;;;;;;;;. The van der Waals surface area contributed by atoms with Crippen LogP contribution in [0.25, 0.3) is 123 Å². The van der Waals surface area contributed by atoms with Gasteiger partial charge in [0, 0.05) is 152 Å². The first-order chi connectivity index (χ1) is 63.0. The van der Waals surface area contributed by atoms with Gasteiger partial charge in [-0.25, -0.2) is 8.78 Å². The molecule has 0 bridgehead atoms. The molecule has 13 heteroatoms. The molecule has 4 radical (unpaired) electrons. The summed E-state index contributed by atoms with van der Waals surface area (Å²) >= 11 is 0. The molecule has 7 heterocycles. The van der Waals surface area contributed by atoms with E-state index in [0.717, 1.165) is 101 Å². The summed E-state index contributed by atoms with van der Waals surface area (Å²) in [6.45, 7) is 15.8. The summed E-state index contributed by atoms with van der Waals surface area (Å²) in [6.07, 6.45) is 12.2. The van der Waals surface area contributed by atoms with Crippen molar-refractivity contribution in [1.29, 1.82) is 0 Å². The van der Waals surface area contributed by atoms with Crippen LogP contribution < -0.4 is 0 Å². The monoisotopic (exact) mass is 2320 g/mol. The number of benzene rings is 11. The minimum absolute atomic E-state index is 0. The van der Waals surface area contributed by atoms with Crippen molar-refractivity contribution in [2.24, 2.45) is 0 Å². The van der Waals surface area contributed by atoms with E-state index in [4.69, 9.17) is 17.8 Å². The Morgan fingerprint density at radius 1 is 0.279 bits per heavy atom. The average molecular weight is 2310 g/mol. The largest absolute Gasteiger partial charge is 0.305 e. The smallest absolute Gasteiger partial charge is 0.123 e. The number of halogens is 2. The van der Waals surface area contributed by atoms with Gasteiger partial charge in [-0.1, -0.05) is 166 Å². The third-order valence-electron chi connectivity index (χ3n) is 18.2. The Morgan fingerprint density at radius 3 is 1.18 bits per heavy atom. The Bertz CT molecular complexity index is 6740. The molecule has 0 fully saturated rings. The van der Waals surface area contributed by atoms with Crippen LogP contribution in [0, 0.1) is 109 Å². The Labute approximate surface area is 789 Å². The molecule has 0 amide bonds. The van der Waals surface area contributed by atoms with E-state index >= 15 is 0 Å². The molecular weight excluding hydrogens is 2210 g/mol. The van der Waals surface area contributed by atoms with Gasteiger partial charge in [0.05, 0.1) is 6.85 Å².